The van der Waals surface area contributed by atoms with Crippen molar-refractivity contribution in [3.8, 4) is 5.75 Å². The van der Waals surface area contributed by atoms with Crippen LogP contribution in [0.3, 0.4) is 0 Å². The second kappa shape index (κ2) is 13.0. The first-order chi connectivity index (χ1) is 14.0. The molecule has 6 heteroatoms. The van der Waals surface area contributed by atoms with Crippen molar-refractivity contribution in [3.05, 3.63) is 53.6 Å². The number of nitrogens with one attached hydrogen (secondary N) is 1. The smallest absolute Gasteiger partial charge is 0.258 e. The molecule has 1 aliphatic rings. The van der Waals surface area contributed by atoms with Gasteiger partial charge in [0.05, 0.1) is 12.8 Å². The Morgan fingerprint density at radius 2 is 1.79 bits per heavy atom. The third-order valence-electron chi connectivity index (χ3n) is 4.14. The standard InChI is InChI=1S/C17H15NO3S.C4H11N.C2H6/c1-21-14-5-3-13(4-6-14)17(20)18-8-9-22-16-7-2-12(11-19)10-15(16)18;1-4(2)5-3;1-2/h2-7,10-11H,8-9H2,1H3;4-5H,1-3H3;1-2H3. The van der Waals surface area contributed by atoms with Crippen molar-refractivity contribution in [2.45, 2.75) is 38.6 Å². The summed E-state index contributed by atoms with van der Waals surface area (Å²) in [5, 5.41) is 3.03. The molecule has 29 heavy (non-hydrogen) atoms. The minimum absolute atomic E-state index is 0.0627. The number of methoxy groups -OCH3 is 1. The first kappa shape index (κ1) is 24.7. The number of hydrogen-bond acceptors (Lipinski definition) is 5. The molecule has 0 aromatic heterocycles. The zero-order valence-corrected chi connectivity index (χ0v) is 19.0. The second-order valence-electron chi connectivity index (χ2n) is 6.32. The Kier molecular flexibility index (Phi) is 11.1. The third-order valence-corrected chi connectivity index (χ3v) is 5.18. The molecule has 0 bridgehead atoms. The minimum atomic E-state index is -0.0627. The van der Waals surface area contributed by atoms with Crippen molar-refractivity contribution in [2.24, 2.45) is 0 Å². The highest BCUT2D eigenvalue weighted by Crippen LogP contribution is 2.36. The Morgan fingerprint density at radius 3 is 2.31 bits per heavy atom. The molecule has 5 nitrogen and oxygen atoms in total. The van der Waals surface area contributed by atoms with Crippen LogP contribution in [0, 0.1) is 0 Å². The van der Waals surface area contributed by atoms with Crippen molar-refractivity contribution in [1.82, 2.24) is 5.32 Å². The predicted octanol–water partition coefficient (Wildman–Crippen LogP) is 4.90. The van der Waals surface area contributed by atoms with Crippen LogP contribution in [0.4, 0.5) is 5.69 Å². The largest absolute Gasteiger partial charge is 0.497 e. The number of aldehydes is 1. The van der Waals surface area contributed by atoms with Crippen LogP contribution in [0.2, 0.25) is 0 Å². The highest BCUT2D eigenvalue weighted by atomic mass is 32.2. The summed E-state index contributed by atoms with van der Waals surface area (Å²) in [6.45, 7) is 8.85. The van der Waals surface area contributed by atoms with Crippen molar-refractivity contribution < 1.29 is 14.3 Å². The lowest BCUT2D eigenvalue weighted by Gasteiger charge is -2.29. The number of amides is 1. The van der Waals surface area contributed by atoms with Crippen LogP contribution in [0.1, 0.15) is 48.4 Å². The number of rotatable bonds is 4. The molecule has 0 fully saturated rings. The van der Waals surface area contributed by atoms with Crippen LogP contribution < -0.4 is 15.0 Å². The highest BCUT2D eigenvalue weighted by Gasteiger charge is 2.24. The molecule has 0 aliphatic carbocycles. The summed E-state index contributed by atoms with van der Waals surface area (Å²) in [7, 11) is 3.54. The molecule has 1 heterocycles. The van der Waals surface area contributed by atoms with Crippen LogP contribution >= 0.6 is 11.8 Å². The van der Waals surface area contributed by atoms with Gasteiger partial charge in [0, 0.05) is 34.4 Å². The van der Waals surface area contributed by atoms with E-state index in [4.69, 9.17) is 4.74 Å². The predicted molar refractivity (Wildman–Crippen MR) is 123 cm³/mol. The van der Waals surface area contributed by atoms with Gasteiger partial charge in [-0.2, -0.15) is 0 Å². The molecule has 0 radical (unpaired) electrons. The maximum Gasteiger partial charge on any atom is 0.258 e. The van der Waals surface area contributed by atoms with Crippen LogP contribution in [-0.2, 0) is 0 Å². The fraction of sp³-hybridized carbons (Fsp3) is 0.391. The Morgan fingerprint density at radius 1 is 1.17 bits per heavy atom. The van der Waals surface area contributed by atoms with Gasteiger partial charge in [0.25, 0.3) is 5.91 Å². The number of anilines is 1. The Labute approximate surface area is 178 Å². The summed E-state index contributed by atoms with van der Waals surface area (Å²) in [6.07, 6.45) is 0.801. The number of thioether (sulfide) groups is 1. The number of ether oxygens (including phenoxy) is 1. The van der Waals surface area contributed by atoms with E-state index in [-0.39, 0.29) is 5.91 Å². The van der Waals surface area contributed by atoms with Crippen LogP contribution in [0.15, 0.2) is 47.4 Å². The van der Waals surface area contributed by atoms with Gasteiger partial charge in [0.2, 0.25) is 0 Å². The van der Waals surface area contributed by atoms with Gasteiger partial charge in [-0.15, -0.1) is 11.8 Å². The summed E-state index contributed by atoms with van der Waals surface area (Å²) in [4.78, 5) is 26.5. The van der Waals surface area contributed by atoms with Crippen LogP contribution in [0.25, 0.3) is 0 Å². The van der Waals surface area contributed by atoms with Gasteiger partial charge in [0.1, 0.15) is 12.0 Å². The molecule has 1 aliphatic heterocycles. The van der Waals surface area contributed by atoms with Crippen molar-refractivity contribution in [3.63, 3.8) is 0 Å². The topological polar surface area (TPSA) is 58.6 Å². The molecular weight excluding hydrogens is 384 g/mol. The third kappa shape index (κ3) is 7.22. The van der Waals surface area contributed by atoms with Gasteiger partial charge in [-0.25, -0.2) is 0 Å². The number of carbonyl (C=O) groups is 2. The van der Waals surface area contributed by atoms with E-state index >= 15 is 0 Å². The first-order valence-corrected chi connectivity index (χ1v) is 10.8. The lowest BCUT2D eigenvalue weighted by Crippen LogP contribution is -2.35. The Bertz CT molecular complexity index is 776. The average molecular weight is 417 g/mol. The van der Waals surface area contributed by atoms with Crippen molar-refractivity contribution >= 4 is 29.6 Å². The van der Waals surface area contributed by atoms with E-state index in [1.165, 1.54) is 0 Å². The Balaban J connectivity index is 0.000000527. The zero-order chi connectivity index (χ0) is 21.8. The van der Waals surface area contributed by atoms with E-state index < -0.39 is 0 Å². The van der Waals surface area contributed by atoms with Gasteiger partial charge in [-0.3, -0.25) is 9.59 Å². The summed E-state index contributed by atoms with van der Waals surface area (Å²) in [5.74, 6) is 1.50. The fourth-order valence-corrected chi connectivity index (χ4v) is 3.38. The average Bonchev–Trinajstić information content (AvgIpc) is 2.79. The molecular formula is C23H32N2O3S. The number of hydrogen-bond donors (Lipinski definition) is 1. The molecule has 3 rings (SSSR count). The van der Waals surface area contributed by atoms with Crippen LogP contribution in [0.5, 0.6) is 5.75 Å². The first-order valence-electron chi connectivity index (χ1n) is 9.85. The molecule has 0 spiro atoms. The summed E-state index contributed by atoms with van der Waals surface area (Å²) in [6, 6.07) is 13.1. The normalized spacial score (nSPS) is 12.0. The molecule has 0 unspecified atom stereocenters. The van der Waals surface area contributed by atoms with Crippen molar-refractivity contribution in [1.29, 1.82) is 0 Å². The molecule has 158 valence electrons. The lowest BCUT2D eigenvalue weighted by atomic mass is 10.1. The molecule has 2 aromatic rings. The maximum absolute atomic E-state index is 12.7. The SMILES string of the molecule is CC.CNC(C)C.COc1ccc(C(=O)N2CCSc3ccc(C=O)cc32)cc1. The van der Waals surface area contributed by atoms with E-state index in [1.54, 1.807) is 60.2 Å². The monoisotopic (exact) mass is 416 g/mol. The number of carbonyl (C=O) groups excluding carboxylic acids is 2. The number of fused-ring (bicyclic) bond motifs is 1. The minimum Gasteiger partial charge on any atom is -0.497 e. The second-order valence-corrected chi connectivity index (χ2v) is 7.46. The molecule has 1 N–H and O–H groups in total. The lowest BCUT2D eigenvalue weighted by molar-refractivity contribution is 0.0987. The highest BCUT2D eigenvalue weighted by molar-refractivity contribution is 7.99. The van der Waals surface area contributed by atoms with Gasteiger partial charge in [-0.05, 0) is 43.4 Å². The summed E-state index contributed by atoms with van der Waals surface area (Å²) in [5.41, 5.74) is 1.99. The van der Waals surface area contributed by atoms with Gasteiger partial charge in [0.15, 0.2) is 0 Å². The maximum atomic E-state index is 12.7. The van der Waals surface area contributed by atoms with E-state index in [1.807, 2.05) is 27.0 Å². The van der Waals surface area contributed by atoms with Gasteiger partial charge >= 0.3 is 0 Å². The van der Waals surface area contributed by atoms with Gasteiger partial charge < -0.3 is 15.0 Å². The van der Waals surface area contributed by atoms with E-state index in [2.05, 4.69) is 19.2 Å². The zero-order valence-electron chi connectivity index (χ0n) is 18.2. The number of nitrogens with zero attached hydrogens (tertiary/aromatic N) is 1. The molecule has 1 amide bonds. The summed E-state index contributed by atoms with van der Waals surface area (Å²) >= 11 is 1.70. The van der Waals surface area contributed by atoms with Crippen LogP contribution in [-0.4, -0.2) is 44.7 Å². The van der Waals surface area contributed by atoms with Gasteiger partial charge in [-0.1, -0.05) is 33.8 Å². The summed E-state index contributed by atoms with van der Waals surface area (Å²) < 4.78 is 5.11. The molecule has 0 saturated carbocycles. The fourth-order valence-electron chi connectivity index (χ4n) is 2.41. The van der Waals surface area contributed by atoms with E-state index in [0.717, 1.165) is 28.4 Å². The molecule has 2 aromatic carbocycles. The Hall–Kier alpha value is -2.31. The quantitative estimate of drug-likeness (QED) is 0.719. The van der Waals surface area contributed by atoms with E-state index in [0.29, 0.717) is 23.7 Å². The number of benzene rings is 2. The molecule has 0 atom stereocenters. The molecule has 0 saturated heterocycles. The van der Waals surface area contributed by atoms with E-state index in [9.17, 15) is 9.59 Å². The van der Waals surface area contributed by atoms with Crippen molar-refractivity contribution in [2.75, 3.05) is 31.4 Å².